The monoisotopic (exact) mass is 1980 g/mol. The van der Waals surface area contributed by atoms with Crippen molar-refractivity contribution >= 4 is 167 Å². The summed E-state index contributed by atoms with van der Waals surface area (Å²) in [6.07, 6.45) is 0. The Labute approximate surface area is 835 Å². The molecular formula is C98H110AlCl3N9NaO26. The quantitative estimate of drug-likeness (QED) is 0.0138. The minimum atomic E-state index is -1.72. The number of hydrogen-bond acceptors (Lipinski definition) is 26. The molecule has 4 aromatic heterocycles. The van der Waals surface area contributed by atoms with Gasteiger partial charge in [0.1, 0.15) is 73.8 Å². The Balaban J connectivity index is 0.000000569. The average Bonchev–Trinajstić information content (AvgIpc) is 0.777. The standard InChI is InChI=1S/C23H22N2O6.C20H20N2O4.2C19H18N2O4.C8H9NO3.C4H6O3.C2H6O.C2H6.CH4.Al.3ClH.Na.H2O/c1-5-25(16-10-7-6-8-11-16)23(29)20-21(31-15(3)27)19-17(24(4)22(20)28)12-9-13-18(19)30-14(2)26;1-4-22(13-9-6-5-7-10-13)20(25)17-18(23)16-14(21(2)19(17)24)11-8-12-15(16)26-3;2*1-3-21(12-8-5-4-6-9-12)19(25)16-17(23)15-13(20(2)18(16)24)10-7-11-14(15)22;1-12-6-4-2-3-5(9)7(6)8(10)11;1-3(5)7-4(2)6;1-2-3;1-2;;;;;;;/h6-13H,5H2,1-4H3;5-12,23H,4H2,1-3H3;2*4-11,22-23H,3H2,1-2H3;2-4H,9H2,1H3,(H,10,11);1-2H3;3H,2H2,1H3;1-2H3;1H4;;3*1H;;1H2/q;;;;;;;;;+3;;;;+1;/p-4/i;;;;;;;1D;;;;;;;. The zero-order valence-electron chi connectivity index (χ0n) is 79.2. The van der Waals surface area contributed by atoms with Crippen molar-refractivity contribution in [2.24, 2.45) is 28.2 Å². The van der Waals surface area contributed by atoms with Gasteiger partial charge in [0.05, 0.1) is 57.8 Å². The second-order valence-corrected chi connectivity index (χ2v) is 34.2. The fraction of sp³-hybridized carbons (Fsp3) is 0.235. The molecule has 13 aromatic rings. The van der Waals surface area contributed by atoms with Crippen LogP contribution in [0.5, 0.6) is 51.7 Å². The number of rotatable bonds is 17. The third kappa shape index (κ3) is 30.0. The number of aromatic nitrogens is 4. The summed E-state index contributed by atoms with van der Waals surface area (Å²) in [5.41, 5.74) is 5.94. The van der Waals surface area contributed by atoms with Gasteiger partial charge in [0.15, 0.2) is 5.75 Å². The Morgan fingerprint density at radius 2 is 0.645 bits per heavy atom. The average molecular weight is 1990 g/mol. The minimum Gasteiger partial charge on any atom is -0.870 e. The molecule has 728 valence electrons. The zero-order valence-corrected chi connectivity index (χ0v) is 83.7. The third-order valence-electron chi connectivity index (χ3n) is 19.3. The van der Waals surface area contributed by atoms with Crippen molar-refractivity contribution in [3.8, 4) is 51.7 Å². The number of phenols is 2. The van der Waals surface area contributed by atoms with E-state index in [1.807, 2.05) is 43.3 Å². The summed E-state index contributed by atoms with van der Waals surface area (Å²) >= 11 is -1.72. The first-order valence-electron chi connectivity index (χ1n) is 41.9. The summed E-state index contributed by atoms with van der Waals surface area (Å²) in [6, 6.07) is 59.3. The molecule has 13 rings (SSSR count). The summed E-state index contributed by atoms with van der Waals surface area (Å²) in [5.74, 6) is -7.17. The Morgan fingerprint density at radius 1 is 0.391 bits per heavy atom. The molecule has 4 amide bonds. The number of aryl methyl sites for hydroxylation is 4. The van der Waals surface area contributed by atoms with E-state index in [0.29, 0.717) is 82.5 Å². The number of aromatic carboxylic acids is 1. The van der Waals surface area contributed by atoms with Crippen LogP contribution in [0.15, 0.2) is 232 Å². The maximum atomic E-state index is 13.5. The molecule has 0 saturated carbocycles. The van der Waals surface area contributed by atoms with Crippen LogP contribution in [0.4, 0.5) is 28.4 Å². The predicted molar refractivity (Wildman–Crippen MR) is 532 cm³/mol. The fourth-order valence-electron chi connectivity index (χ4n) is 13.5. The van der Waals surface area contributed by atoms with Gasteiger partial charge in [-0.2, -0.15) is 0 Å². The number of hydrogen-bond donors (Lipinski definition) is 8. The molecule has 0 aliphatic heterocycles. The molecule has 138 heavy (non-hydrogen) atoms. The van der Waals surface area contributed by atoms with E-state index in [1.54, 1.807) is 193 Å². The molecule has 0 atom stereocenters. The van der Waals surface area contributed by atoms with Gasteiger partial charge in [0, 0.05) is 118 Å². The number of pyridine rings is 4. The number of nitrogens with two attached hydrogens (primary N) is 1. The molecule has 0 bridgehead atoms. The van der Waals surface area contributed by atoms with Crippen LogP contribution >= 0.6 is 30.1 Å². The first kappa shape index (κ1) is 118. The second-order valence-electron chi connectivity index (χ2n) is 27.8. The summed E-state index contributed by atoms with van der Waals surface area (Å²) in [5, 5.41) is 69.1. The number of nitrogen functional groups attached to an aromatic ring is 1. The van der Waals surface area contributed by atoms with Crippen LogP contribution in [-0.2, 0) is 52.1 Å². The Bertz CT molecular complexity index is 6520. The normalized spacial score (nSPS) is 9.99. The first-order chi connectivity index (χ1) is 64.5. The maximum absolute atomic E-state index is 13.5. The molecule has 9 aromatic carbocycles. The van der Waals surface area contributed by atoms with Crippen molar-refractivity contribution < 1.29 is 139 Å². The van der Waals surface area contributed by atoms with Crippen molar-refractivity contribution in [3.63, 3.8) is 0 Å². The van der Waals surface area contributed by atoms with E-state index in [1.165, 1.54) is 125 Å². The van der Waals surface area contributed by atoms with Gasteiger partial charge in [-0.15, -0.1) is 0 Å². The number of aliphatic hydroxyl groups excluding tert-OH is 1. The Kier molecular flexibility index (Phi) is 49.4. The number of nitrogens with zero attached hydrogens (tertiary/aromatic N) is 8. The number of amides is 4. The van der Waals surface area contributed by atoms with Crippen LogP contribution in [-0.4, -0.2) is 171 Å². The van der Waals surface area contributed by atoms with Gasteiger partial charge < -0.3 is 109 Å². The van der Waals surface area contributed by atoms with Gasteiger partial charge in [-0.1, -0.05) is 124 Å². The predicted octanol–water partition coefficient (Wildman–Crippen LogP) is 12.5. The smallest absolute Gasteiger partial charge is 0.870 e. The number of methoxy groups -OCH3 is 2. The van der Waals surface area contributed by atoms with Crippen LogP contribution in [0.2, 0.25) is 0 Å². The molecule has 0 aliphatic carbocycles. The molecule has 10 N–H and O–H groups in total. The molecular weight excluding hydrogens is 1880 g/mol. The molecule has 0 fully saturated rings. The SMILES string of the molecule is C.CC(=O)OC(C)=O.CCN(C(=O)c1c(O)c2c(O)cccc2n(C)c1=O)c1ccccc1.CCN(C(=O)c1c(O)c2c(O)cccc2n(C)c1=O)c1ccccc1.CCN(C(=O)c1c(O)c2c(OC)cccc2n(C)c1=O)c1ccccc1.CCN(C(=O)c1c(OC(C)=O)c2c(OC(C)=O)cccc2n(C)c1=O)c1ccccc1.CCO.COc1cccc(N)c1C(=O)O.[2H]CC.[Cl][Al]([Cl])[Cl].[Na+].[OH-]. The molecule has 35 nitrogen and oxygen atoms in total. The number of halogens is 3. The number of carbonyl (C=O) groups is 9. The van der Waals surface area contributed by atoms with Gasteiger partial charge in [0.2, 0.25) is 0 Å². The number of aromatic hydroxyl groups is 5. The van der Waals surface area contributed by atoms with Crippen molar-refractivity contribution in [2.75, 3.05) is 72.3 Å². The third-order valence-corrected chi connectivity index (χ3v) is 19.3. The minimum absolute atomic E-state index is 0. The second kappa shape index (κ2) is 57.8. The van der Waals surface area contributed by atoms with Crippen molar-refractivity contribution in [3.05, 3.63) is 282 Å². The van der Waals surface area contributed by atoms with Crippen LogP contribution in [0.1, 0.15) is 137 Å². The van der Waals surface area contributed by atoms with E-state index in [-0.39, 0.29) is 140 Å². The Morgan fingerprint density at radius 3 is 0.913 bits per heavy atom. The largest absolute Gasteiger partial charge is 1.00 e. The van der Waals surface area contributed by atoms with Crippen molar-refractivity contribution in [2.45, 2.75) is 83.6 Å². The number of benzene rings is 9. The van der Waals surface area contributed by atoms with Crippen LogP contribution < -0.4 is 96.1 Å². The molecule has 4 heterocycles. The number of carbonyl (C=O) groups excluding carboxylic acids is 8. The number of esters is 4. The summed E-state index contributed by atoms with van der Waals surface area (Å²) in [6.45, 7) is 17.4. The van der Waals surface area contributed by atoms with E-state index in [9.17, 15) is 87.9 Å². The summed E-state index contributed by atoms with van der Waals surface area (Å²) in [4.78, 5) is 164. The summed E-state index contributed by atoms with van der Waals surface area (Å²) in [7, 11) is 23.8. The molecule has 40 heteroatoms. The number of aliphatic hydroxyl groups is 1. The number of carboxylic acids is 1. The van der Waals surface area contributed by atoms with Crippen molar-refractivity contribution in [1.82, 2.24) is 18.3 Å². The van der Waals surface area contributed by atoms with Gasteiger partial charge in [0.25, 0.3) is 45.9 Å². The van der Waals surface area contributed by atoms with E-state index < -0.39 is 98.6 Å². The zero-order chi connectivity index (χ0) is 102. The van der Waals surface area contributed by atoms with Crippen LogP contribution in [0.25, 0.3) is 43.6 Å². The van der Waals surface area contributed by atoms with E-state index in [4.69, 9.17) is 66.4 Å². The molecule has 0 saturated heterocycles. The maximum Gasteiger partial charge on any atom is 1.00 e. The number of anilines is 5. The molecule has 0 unspecified atom stereocenters. The van der Waals surface area contributed by atoms with Gasteiger partial charge in [-0.25, -0.2) is 34.9 Å². The van der Waals surface area contributed by atoms with E-state index >= 15 is 0 Å². The van der Waals surface area contributed by atoms with Gasteiger partial charge >= 0.3 is 70.8 Å². The number of carboxylic acid groups (broad SMARTS) is 1. The fourth-order valence-corrected chi connectivity index (χ4v) is 13.5. The van der Waals surface area contributed by atoms with Crippen molar-refractivity contribution in [1.29, 1.82) is 0 Å². The number of para-hydroxylation sites is 4. The van der Waals surface area contributed by atoms with Gasteiger partial charge in [-0.3, -0.25) is 57.5 Å². The summed E-state index contributed by atoms with van der Waals surface area (Å²) < 4.78 is 36.1. The van der Waals surface area contributed by atoms with E-state index in [0.717, 1.165) is 0 Å². The Hall–Kier alpha value is -14.0. The molecule has 0 aliphatic rings. The van der Waals surface area contributed by atoms with Crippen LogP contribution in [0, 0.1) is 0 Å². The van der Waals surface area contributed by atoms with Crippen LogP contribution in [0.3, 0.4) is 0 Å². The first-order valence-corrected chi connectivity index (χ1v) is 46.4. The molecule has 0 radical (unpaired) electrons. The number of phenolic OH excluding ortho intramolecular Hbond substituents is 2. The number of fused-ring (bicyclic) bond motifs is 4. The topological polar surface area (TPSA) is 498 Å². The van der Waals surface area contributed by atoms with Gasteiger partial charge in [-0.05, 0) is 144 Å². The molecule has 0 spiro atoms. The van der Waals surface area contributed by atoms with E-state index in [2.05, 4.69) is 4.74 Å². The number of ether oxygens (including phenoxy) is 5.